The number of amides is 1. The number of anilines is 2. The number of nitrogens with one attached hydrogen (secondary N) is 2. The molecule has 2 rings (SSSR count). The predicted molar refractivity (Wildman–Crippen MR) is 85.1 cm³/mol. The van der Waals surface area contributed by atoms with Crippen molar-refractivity contribution in [3.8, 4) is 0 Å². The number of hydrogen-bond acceptors (Lipinski definition) is 3. The zero-order valence-electron chi connectivity index (χ0n) is 11.5. The maximum Gasteiger partial charge on any atom is 0.274 e. The molecular weight excluding hydrogens is 337 g/mol. The molecule has 0 bridgehead atoms. The molecule has 0 saturated carbocycles. The first-order valence-corrected chi connectivity index (χ1v) is 7.35. The minimum atomic E-state index is -0.372. The first-order chi connectivity index (χ1) is 10.1. The molecule has 0 saturated heterocycles. The molecule has 1 amide bonds. The minimum absolute atomic E-state index is 0.298. The lowest BCUT2D eigenvalue weighted by Gasteiger charge is -2.09. The van der Waals surface area contributed by atoms with Gasteiger partial charge in [-0.2, -0.15) is 0 Å². The summed E-state index contributed by atoms with van der Waals surface area (Å²) in [5.74, 6) is -0.716. The van der Waals surface area contributed by atoms with Gasteiger partial charge in [0.1, 0.15) is 11.5 Å². The molecule has 0 radical (unpaired) electrons. The molecule has 1 aromatic carbocycles. The highest BCUT2D eigenvalue weighted by Gasteiger charge is 2.10. The van der Waals surface area contributed by atoms with Gasteiger partial charge in [-0.15, -0.1) is 0 Å². The summed E-state index contributed by atoms with van der Waals surface area (Å²) in [6.07, 6.45) is 2.57. The molecule has 0 aliphatic rings. The number of nitrogens with zero attached hydrogens (tertiary/aromatic N) is 1. The monoisotopic (exact) mass is 351 g/mol. The average Bonchev–Trinajstić information content (AvgIpc) is 2.48. The number of halogens is 2. The Labute approximate surface area is 130 Å². The highest BCUT2D eigenvalue weighted by molar-refractivity contribution is 9.10. The van der Waals surface area contributed by atoms with Crippen molar-refractivity contribution in [2.45, 2.75) is 13.3 Å². The van der Waals surface area contributed by atoms with Crippen LogP contribution >= 0.6 is 15.9 Å². The van der Waals surface area contributed by atoms with Gasteiger partial charge in [-0.25, -0.2) is 4.39 Å². The molecule has 4 nitrogen and oxygen atoms in total. The second-order valence-electron chi connectivity index (χ2n) is 4.43. The van der Waals surface area contributed by atoms with E-state index in [4.69, 9.17) is 0 Å². The SMILES string of the molecule is CCCNc1ccnc(C(=O)Nc2ccc(F)cc2Br)c1. The third-order valence-electron chi connectivity index (χ3n) is 2.75. The summed E-state index contributed by atoms with van der Waals surface area (Å²) in [5, 5.41) is 5.89. The third kappa shape index (κ3) is 4.26. The third-order valence-corrected chi connectivity index (χ3v) is 3.41. The van der Waals surface area contributed by atoms with Crippen molar-refractivity contribution >= 4 is 33.2 Å². The van der Waals surface area contributed by atoms with E-state index in [0.717, 1.165) is 18.7 Å². The Morgan fingerprint density at radius 3 is 2.86 bits per heavy atom. The van der Waals surface area contributed by atoms with Gasteiger partial charge in [-0.3, -0.25) is 9.78 Å². The van der Waals surface area contributed by atoms with Crippen LogP contribution in [0.2, 0.25) is 0 Å². The molecule has 21 heavy (non-hydrogen) atoms. The van der Waals surface area contributed by atoms with Crippen molar-refractivity contribution in [2.24, 2.45) is 0 Å². The van der Waals surface area contributed by atoms with E-state index < -0.39 is 0 Å². The van der Waals surface area contributed by atoms with Crippen LogP contribution in [0.3, 0.4) is 0 Å². The van der Waals surface area contributed by atoms with Gasteiger partial charge in [0.25, 0.3) is 5.91 Å². The van der Waals surface area contributed by atoms with Gasteiger partial charge < -0.3 is 10.6 Å². The largest absolute Gasteiger partial charge is 0.385 e. The molecule has 0 fully saturated rings. The van der Waals surface area contributed by atoms with E-state index in [1.807, 2.05) is 0 Å². The van der Waals surface area contributed by atoms with Crippen LogP contribution in [0.25, 0.3) is 0 Å². The first kappa shape index (κ1) is 15.4. The molecular formula is C15H15BrFN3O. The fraction of sp³-hybridized carbons (Fsp3) is 0.200. The van der Waals surface area contributed by atoms with E-state index in [2.05, 4.69) is 38.5 Å². The van der Waals surface area contributed by atoms with Gasteiger partial charge in [-0.05, 0) is 52.7 Å². The Hall–Kier alpha value is -1.95. The van der Waals surface area contributed by atoms with E-state index in [0.29, 0.717) is 15.9 Å². The molecule has 6 heteroatoms. The lowest BCUT2D eigenvalue weighted by atomic mass is 10.2. The topological polar surface area (TPSA) is 54.0 Å². The number of carbonyl (C=O) groups is 1. The average molecular weight is 352 g/mol. The van der Waals surface area contributed by atoms with E-state index in [1.54, 1.807) is 18.3 Å². The second-order valence-corrected chi connectivity index (χ2v) is 5.29. The Morgan fingerprint density at radius 1 is 1.33 bits per heavy atom. The lowest BCUT2D eigenvalue weighted by Crippen LogP contribution is -2.14. The van der Waals surface area contributed by atoms with Crippen LogP contribution in [0.5, 0.6) is 0 Å². The molecule has 110 valence electrons. The highest BCUT2D eigenvalue weighted by Crippen LogP contribution is 2.23. The summed E-state index contributed by atoms with van der Waals surface area (Å²) in [5.41, 5.74) is 1.64. The van der Waals surface area contributed by atoms with Gasteiger partial charge in [0.2, 0.25) is 0 Å². The van der Waals surface area contributed by atoms with Crippen molar-refractivity contribution < 1.29 is 9.18 Å². The zero-order chi connectivity index (χ0) is 15.2. The van der Waals surface area contributed by atoms with Gasteiger partial charge in [0, 0.05) is 22.9 Å². The fourth-order valence-electron chi connectivity index (χ4n) is 1.71. The Bertz CT molecular complexity index is 649. The van der Waals surface area contributed by atoms with Crippen LogP contribution in [0.4, 0.5) is 15.8 Å². The molecule has 1 aromatic heterocycles. The standard InChI is InChI=1S/C15H15BrFN3O/c1-2-6-18-11-5-7-19-14(9-11)15(21)20-13-4-3-10(17)8-12(13)16/h3-5,7-9H,2,6H2,1H3,(H,18,19)(H,20,21). The van der Waals surface area contributed by atoms with Crippen LogP contribution in [-0.2, 0) is 0 Å². The van der Waals surface area contributed by atoms with Gasteiger partial charge >= 0.3 is 0 Å². The van der Waals surface area contributed by atoms with Crippen molar-refractivity contribution in [3.05, 3.63) is 52.5 Å². The summed E-state index contributed by atoms with van der Waals surface area (Å²) in [7, 11) is 0. The van der Waals surface area contributed by atoms with E-state index in [9.17, 15) is 9.18 Å². The van der Waals surface area contributed by atoms with Gasteiger partial charge in [0.15, 0.2) is 0 Å². The number of benzene rings is 1. The molecule has 0 atom stereocenters. The maximum absolute atomic E-state index is 13.0. The number of rotatable bonds is 5. The quantitative estimate of drug-likeness (QED) is 0.853. The molecule has 2 N–H and O–H groups in total. The normalized spacial score (nSPS) is 10.2. The molecule has 1 heterocycles. The fourth-order valence-corrected chi connectivity index (χ4v) is 2.16. The molecule has 0 unspecified atom stereocenters. The summed E-state index contributed by atoms with van der Waals surface area (Å²) >= 11 is 3.21. The van der Waals surface area contributed by atoms with Gasteiger partial charge in [-0.1, -0.05) is 6.92 Å². The van der Waals surface area contributed by atoms with Crippen molar-refractivity contribution in [2.75, 3.05) is 17.2 Å². The highest BCUT2D eigenvalue weighted by atomic mass is 79.9. The van der Waals surface area contributed by atoms with E-state index in [-0.39, 0.29) is 11.7 Å². The van der Waals surface area contributed by atoms with Crippen LogP contribution in [0, 0.1) is 5.82 Å². The second kappa shape index (κ2) is 7.17. The maximum atomic E-state index is 13.0. The Kier molecular flexibility index (Phi) is 5.27. The van der Waals surface area contributed by atoms with Crippen LogP contribution in [-0.4, -0.2) is 17.4 Å². The molecule has 0 spiro atoms. The lowest BCUT2D eigenvalue weighted by molar-refractivity contribution is 0.102. The summed E-state index contributed by atoms with van der Waals surface area (Å²) in [4.78, 5) is 16.2. The molecule has 0 aliphatic carbocycles. The number of pyridine rings is 1. The Balaban J connectivity index is 2.12. The van der Waals surface area contributed by atoms with Crippen molar-refractivity contribution in [3.63, 3.8) is 0 Å². The van der Waals surface area contributed by atoms with Gasteiger partial charge in [0.05, 0.1) is 5.69 Å². The number of aromatic nitrogens is 1. The Morgan fingerprint density at radius 2 is 2.14 bits per heavy atom. The smallest absolute Gasteiger partial charge is 0.274 e. The van der Waals surface area contributed by atoms with E-state index in [1.165, 1.54) is 18.2 Å². The first-order valence-electron chi connectivity index (χ1n) is 6.56. The summed E-state index contributed by atoms with van der Waals surface area (Å²) in [6, 6.07) is 7.56. The van der Waals surface area contributed by atoms with E-state index >= 15 is 0 Å². The van der Waals surface area contributed by atoms with Crippen molar-refractivity contribution in [1.82, 2.24) is 4.98 Å². The number of carbonyl (C=O) groups excluding carboxylic acids is 1. The molecule has 0 aliphatic heterocycles. The molecule has 2 aromatic rings. The summed E-state index contributed by atoms with van der Waals surface area (Å²) < 4.78 is 13.5. The zero-order valence-corrected chi connectivity index (χ0v) is 13.1. The van der Waals surface area contributed by atoms with Crippen molar-refractivity contribution in [1.29, 1.82) is 0 Å². The van der Waals surface area contributed by atoms with Crippen LogP contribution < -0.4 is 10.6 Å². The summed E-state index contributed by atoms with van der Waals surface area (Å²) in [6.45, 7) is 2.89. The predicted octanol–water partition coefficient (Wildman–Crippen LogP) is 4.06. The van der Waals surface area contributed by atoms with Crippen LogP contribution in [0.15, 0.2) is 41.0 Å². The minimum Gasteiger partial charge on any atom is -0.385 e. The van der Waals surface area contributed by atoms with Crippen LogP contribution in [0.1, 0.15) is 23.8 Å². The number of hydrogen-bond donors (Lipinski definition) is 2.